The summed E-state index contributed by atoms with van der Waals surface area (Å²) in [5, 5.41) is 8.71. The Morgan fingerprint density at radius 1 is 1.25 bits per heavy atom. The zero-order valence-electron chi connectivity index (χ0n) is 10.4. The molecule has 0 spiro atoms. The van der Waals surface area contributed by atoms with Crippen LogP contribution in [0.2, 0.25) is 0 Å². The molecule has 0 saturated heterocycles. The van der Waals surface area contributed by atoms with Gasteiger partial charge in [0.1, 0.15) is 6.54 Å². The molecule has 0 heterocycles. The molecule has 0 aromatic heterocycles. The van der Waals surface area contributed by atoms with Gasteiger partial charge in [-0.1, -0.05) is 13.8 Å². The Morgan fingerprint density at radius 3 is 2.06 bits per heavy atom. The van der Waals surface area contributed by atoms with Crippen molar-refractivity contribution in [2.45, 2.75) is 46.2 Å². The van der Waals surface area contributed by atoms with E-state index in [0.29, 0.717) is 12.3 Å². The molecule has 0 aliphatic heterocycles. The Hall–Kier alpha value is -1.10. The molecule has 94 valence electrons. The van der Waals surface area contributed by atoms with Crippen LogP contribution in [0.5, 0.6) is 0 Å². The highest BCUT2D eigenvalue weighted by atomic mass is 16.4. The zero-order chi connectivity index (χ0) is 12.9. The number of carboxylic acid groups (broad SMARTS) is 1. The van der Waals surface area contributed by atoms with Crippen molar-refractivity contribution in [3.63, 3.8) is 0 Å². The van der Waals surface area contributed by atoms with E-state index in [1.54, 1.807) is 13.8 Å². The summed E-state index contributed by atoms with van der Waals surface area (Å²) in [6, 6.07) is -0.761. The molecule has 1 unspecified atom stereocenters. The summed E-state index contributed by atoms with van der Waals surface area (Å²) in [6.45, 7) is 7.22. The summed E-state index contributed by atoms with van der Waals surface area (Å²) >= 11 is 0. The molecule has 0 aliphatic rings. The molecular formula is C11H22N2O3. The lowest BCUT2D eigenvalue weighted by atomic mass is 10.0. The van der Waals surface area contributed by atoms with Crippen LogP contribution < -0.4 is 5.73 Å². The summed E-state index contributed by atoms with van der Waals surface area (Å²) in [6.07, 6.45) is 0.571. The number of nitrogens with two attached hydrogens (primary N) is 1. The first kappa shape index (κ1) is 14.9. The molecule has 3 N–H and O–H groups in total. The number of hydrogen-bond acceptors (Lipinski definition) is 3. The fourth-order valence-corrected chi connectivity index (χ4v) is 1.48. The first-order valence-electron chi connectivity index (χ1n) is 5.53. The van der Waals surface area contributed by atoms with Gasteiger partial charge in [0.2, 0.25) is 5.91 Å². The van der Waals surface area contributed by atoms with Crippen molar-refractivity contribution >= 4 is 11.9 Å². The van der Waals surface area contributed by atoms with E-state index in [1.807, 2.05) is 13.8 Å². The molecular weight excluding hydrogens is 208 g/mol. The van der Waals surface area contributed by atoms with E-state index in [2.05, 4.69) is 0 Å². The van der Waals surface area contributed by atoms with Crippen molar-refractivity contribution in [3.8, 4) is 0 Å². The van der Waals surface area contributed by atoms with Crippen LogP contribution >= 0.6 is 0 Å². The van der Waals surface area contributed by atoms with Crippen LogP contribution in [0.1, 0.15) is 34.1 Å². The molecule has 0 aromatic carbocycles. The maximum absolute atomic E-state index is 11.9. The smallest absolute Gasteiger partial charge is 0.323 e. The monoisotopic (exact) mass is 230 g/mol. The van der Waals surface area contributed by atoms with E-state index in [0.717, 1.165) is 0 Å². The molecule has 5 nitrogen and oxygen atoms in total. The minimum atomic E-state index is -1.02. The third-order valence-corrected chi connectivity index (χ3v) is 2.25. The summed E-state index contributed by atoms with van der Waals surface area (Å²) in [4.78, 5) is 23.8. The Morgan fingerprint density at radius 2 is 1.75 bits per heavy atom. The van der Waals surface area contributed by atoms with E-state index in [1.165, 1.54) is 4.90 Å². The largest absolute Gasteiger partial charge is 0.480 e. The molecule has 1 atom stereocenters. The Bertz CT molecular complexity index is 252. The molecule has 5 heteroatoms. The molecule has 0 rings (SSSR count). The molecule has 0 radical (unpaired) electrons. The summed E-state index contributed by atoms with van der Waals surface area (Å²) in [7, 11) is 0. The van der Waals surface area contributed by atoms with Gasteiger partial charge in [-0.25, -0.2) is 0 Å². The van der Waals surface area contributed by atoms with E-state index in [4.69, 9.17) is 10.8 Å². The van der Waals surface area contributed by atoms with Crippen LogP contribution in [-0.4, -0.2) is 40.5 Å². The minimum absolute atomic E-state index is 0.151. The highest BCUT2D eigenvalue weighted by Crippen LogP contribution is 2.08. The lowest BCUT2D eigenvalue weighted by Crippen LogP contribution is -2.49. The highest BCUT2D eigenvalue weighted by molar-refractivity contribution is 5.85. The van der Waals surface area contributed by atoms with Gasteiger partial charge in [0.15, 0.2) is 0 Å². The highest BCUT2D eigenvalue weighted by Gasteiger charge is 2.25. The lowest BCUT2D eigenvalue weighted by Gasteiger charge is -2.28. The first-order valence-corrected chi connectivity index (χ1v) is 5.53. The third-order valence-electron chi connectivity index (χ3n) is 2.25. The van der Waals surface area contributed by atoms with Crippen molar-refractivity contribution in [2.75, 3.05) is 6.54 Å². The normalized spacial score (nSPS) is 12.9. The van der Waals surface area contributed by atoms with Gasteiger partial charge in [-0.05, 0) is 26.2 Å². The SMILES string of the molecule is CC(C)CC(N)C(=O)N(CC(=O)O)C(C)C. The second-order valence-electron chi connectivity index (χ2n) is 4.69. The fourth-order valence-electron chi connectivity index (χ4n) is 1.48. The number of carbonyl (C=O) groups is 2. The number of aliphatic carboxylic acids is 1. The van der Waals surface area contributed by atoms with Crippen LogP contribution in [0, 0.1) is 5.92 Å². The maximum Gasteiger partial charge on any atom is 0.323 e. The second kappa shape index (κ2) is 6.48. The van der Waals surface area contributed by atoms with Gasteiger partial charge < -0.3 is 15.7 Å². The lowest BCUT2D eigenvalue weighted by molar-refractivity contribution is -0.146. The Balaban J connectivity index is 4.54. The molecule has 0 fully saturated rings. The molecule has 1 amide bonds. The number of hydrogen-bond donors (Lipinski definition) is 2. The second-order valence-corrected chi connectivity index (χ2v) is 4.69. The third kappa shape index (κ3) is 5.11. The van der Waals surface area contributed by atoms with Crippen LogP contribution in [0.4, 0.5) is 0 Å². The topological polar surface area (TPSA) is 83.6 Å². The average molecular weight is 230 g/mol. The van der Waals surface area contributed by atoms with Gasteiger partial charge in [0.25, 0.3) is 0 Å². The molecule has 0 aliphatic carbocycles. The first-order chi connectivity index (χ1) is 7.25. The Kier molecular flexibility index (Phi) is 6.03. The fraction of sp³-hybridized carbons (Fsp3) is 0.818. The van der Waals surface area contributed by atoms with Crippen LogP contribution in [0.15, 0.2) is 0 Å². The number of amides is 1. The van der Waals surface area contributed by atoms with E-state index in [-0.39, 0.29) is 18.5 Å². The van der Waals surface area contributed by atoms with Crippen molar-refractivity contribution in [1.29, 1.82) is 0 Å². The molecule has 0 saturated carbocycles. The zero-order valence-corrected chi connectivity index (χ0v) is 10.4. The molecule has 16 heavy (non-hydrogen) atoms. The van der Waals surface area contributed by atoms with Crippen molar-refractivity contribution in [3.05, 3.63) is 0 Å². The van der Waals surface area contributed by atoms with Gasteiger partial charge in [0.05, 0.1) is 6.04 Å². The van der Waals surface area contributed by atoms with Gasteiger partial charge in [-0.2, -0.15) is 0 Å². The van der Waals surface area contributed by atoms with Gasteiger partial charge in [-0.15, -0.1) is 0 Å². The molecule has 0 bridgehead atoms. The van der Waals surface area contributed by atoms with Crippen LogP contribution in [0.3, 0.4) is 0 Å². The summed E-state index contributed by atoms with van der Waals surface area (Å²) in [5.41, 5.74) is 5.75. The van der Waals surface area contributed by atoms with Crippen LogP contribution in [-0.2, 0) is 9.59 Å². The molecule has 0 aromatic rings. The quantitative estimate of drug-likeness (QED) is 0.703. The van der Waals surface area contributed by atoms with E-state index in [9.17, 15) is 9.59 Å². The van der Waals surface area contributed by atoms with Gasteiger partial charge in [0, 0.05) is 6.04 Å². The number of carboxylic acids is 1. The van der Waals surface area contributed by atoms with Crippen molar-refractivity contribution in [2.24, 2.45) is 11.7 Å². The summed E-state index contributed by atoms with van der Waals surface area (Å²) < 4.78 is 0. The minimum Gasteiger partial charge on any atom is -0.480 e. The predicted octanol–water partition coefficient (Wildman–Crippen LogP) is 0.681. The van der Waals surface area contributed by atoms with Gasteiger partial charge >= 0.3 is 5.97 Å². The van der Waals surface area contributed by atoms with Crippen molar-refractivity contribution in [1.82, 2.24) is 4.90 Å². The van der Waals surface area contributed by atoms with Gasteiger partial charge in [-0.3, -0.25) is 9.59 Å². The van der Waals surface area contributed by atoms with Crippen molar-refractivity contribution < 1.29 is 14.7 Å². The predicted molar refractivity (Wildman–Crippen MR) is 61.9 cm³/mol. The average Bonchev–Trinajstić information content (AvgIpc) is 2.11. The van der Waals surface area contributed by atoms with E-state index < -0.39 is 12.0 Å². The Labute approximate surface area is 96.6 Å². The standard InChI is InChI=1S/C11H22N2O3/c1-7(2)5-9(12)11(16)13(8(3)4)6-10(14)15/h7-9H,5-6,12H2,1-4H3,(H,14,15). The summed E-state index contributed by atoms with van der Waals surface area (Å²) in [5.74, 6) is -0.984. The number of carbonyl (C=O) groups excluding carboxylic acids is 1. The van der Waals surface area contributed by atoms with E-state index >= 15 is 0 Å². The van der Waals surface area contributed by atoms with Crippen LogP contribution in [0.25, 0.3) is 0 Å². The maximum atomic E-state index is 11.9. The number of nitrogens with zero attached hydrogens (tertiary/aromatic N) is 1. The number of rotatable bonds is 6.